The van der Waals surface area contributed by atoms with Crippen LogP contribution in [0.25, 0.3) is 0 Å². The van der Waals surface area contributed by atoms with Gasteiger partial charge in [-0.2, -0.15) is 0 Å². The van der Waals surface area contributed by atoms with Crippen LogP contribution in [-0.4, -0.2) is 13.1 Å². The molecule has 0 heterocycles. The molecule has 2 fully saturated rings. The number of hydrogen-bond acceptors (Lipinski definition) is 1. The lowest BCUT2D eigenvalue weighted by Crippen LogP contribution is -2.37. The summed E-state index contributed by atoms with van der Waals surface area (Å²) in [7, 11) is 2.16. The van der Waals surface area contributed by atoms with Crippen molar-refractivity contribution in [3.8, 4) is 0 Å². The Kier molecular flexibility index (Phi) is 2.88. The van der Waals surface area contributed by atoms with E-state index in [9.17, 15) is 0 Å². The molecule has 0 spiro atoms. The van der Waals surface area contributed by atoms with Crippen LogP contribution in [0, 0.1) is 17.3 Å². The second-order valence-corrected chi connectivity index (χ2v) is 6.01. The summed E-state index contributed by atoms with van der Waals surface area (Å²) in [6.07, 6.45) is 8.79. The van der Waals surface area contributed by atoms with Crippen molar-refractivity contribution < 1.29 is 0 Å². The molecule has 0 amide bonds. The molecule has 0 aliphatic heterocycles. The first-order chi connectivity index (χ1) is 6.65. The smallest absolute Gasteiger partial charge is 0.0126 e. The van der Waals surface area contributed by atoms with Crippen LogP contribution in [-0.2, 0) is 0 Å². The van der Waals surface area contributed by atoms with E-state index in [1.54, 1.807) is 0 Å². The summed E-state index contributed by atoms with van der Waals surface area (Å²) in [6, 6.07) is 0.810. The van der Waals surface area contributed by atoms with Gasteiger partial charge in [-0.3, -0.25) is 0 Å². The first kappa shape index (κ1) is 10.5. The average Bonchev–Trinajstić information content (AvgIpc) is 2.78. The third-order valence-electron chi connectivity index (χ3n) is 4.51. The van der Waals surface area contributed by atoms with Gasteiger partial charge in [-0.25, -0.2) is 0 Å². The van der Waals surface area contributed by atoms with Crippen molar-refractivity contribution in [2.75, 3.05) is 7.05 Å². The summed E-state index contributed by atoms with van der Waals surface area (Å²) in [5.41, 5.74) is 0.630. The Balaban J connectivity index is 1.92. The zero-order chi connectivity index (χ0) is 10.2. The molecule has 2 unspecified atom stereocenters. The Labute approximate surface area is 88.7 Å². The molecule has 0 aromatic carbocycles. The topological polar surface area (TPSA) is 12.0 Å². The molecule has 82 valence electrons. The van der Waals surface area contributed by atoms with Gasteiger partial charge in [0.15, 0.2) is 0 Å². The van der Waals surface area contributed by atoms with Crippen LogP contribution >= 0.6 is 0 Å². The molecule has 14 heavy (non-hydrogen) atoms. The Morgan fingerprint density at radius 1 is 1.14 bits per heavy atom. The van der Waals surface area contributed by atoms with Gasteiger partial charge >= 0.3 is 0 Å². The molecular formula is C13H25N. The largest absolute Gasteiger partial charge is 0.316 e. The van der Waals surface area contributed by atoms with Gasteiger partial charge in [0.25, 0.3) is 0 Å². The number of hydrogen-bond donors (Lipinski definition) is 1. The third-order valence-corrected chi connectivity index (χ3v) is 4.51. The molecule has 0 saturated heterocycles. The third kappa shape index (κ3) is 1.98. The molecule has 2 rings (SSSR count). The average molecular weight is 195 g/mol. The van der Waals surface area contributed by atoms with Crippen LogP contribution in [0.4, 0.5) is 0 Å². The highest BCUT2D eigenvalue weighted by molar-refractivity contribution is 5.03. The second-order valence-electron chi connectivity index (χ2n) is 6.01. The molecule has 1 heteroatoms. The maximum Gasteiger partial charge on any atom is 0.0126 e. The molecule has 2 aliphatic rings. The molecule has 2 atom stereocenters. The molecular weight excluding hydrogens is 170 g/mol. The molecule has 0 radical (unpaired) electrons. The minimum Gasteiger partial charge on any atom is -0.316 e. The fourth-order valence-corrected chi connectivity index (χ4v) is 3.38. The monoisotopic (exact) mass is 195 g/mol. The van der Waals surface area contributed by atoms with Crippen molar-refractivity contribution in [2.45, 2.75) is 58.4 Å². The van der Waals surface area contributed by atoms with E-state index in [1.165, 1.54) is 38.5 Å². The van der Waals surface area contributed by atoms with Gasteiger partial charge in [0.2, 0.25) is 0 Å². The van der Waals surface area contributed by atoms with E-state index >= 15 is 0 Å². The van der Waals surface area contributed by atoms with Gasteiger partial charge in [-0.15, -0.1) is 0 Å². The lowest BCUT2D eigenvalue weighted by atomic mass is 9.81. The maximum absolute atomic E-state index is 3.59. The molecule has 0 aromatic heterocycles. The molecule has 1 N–H and O–H groups in total. The summed E-state index contributed by atoms with van der Waals surface area (Å²) in [5, 5.41) is 3.59. The van der Waals surface area contributed by atoms with Crippen molar-refractivity contribution in [3.05, 3.63) is 0 Å². The molecule has 2 saturated carbocycles. The lowest BCUT2D eigenvalue weighted by molar-refractivity contribution is 0.241. The summed E-state index contributed by atoms with van der Waals surface area (Å²) in [6.45, 7) is 4.84. The van der Waals surface area contributed by atoms with Gasteiger partial charge in [-0.05, 0) is 43.6 Å². The zero-order valence-electron chi connectivity index (χ0n) is 9.97. The van der Waals surface area contributed by atoms with Crippen LogP contribution < -0.4 is 5.32 Å². The number of rotatable bonds is 3. The van der Waals surface area contributed by atoms with Crippen molar-refractivity contribution in [3.63, 3.8) is 0 Å². The highest BCUT2D eigenvalue weighted by atomic mass is 14.9. The highest BCUT2D eigenvalue weighted by Gasteiger charge is 2.51. The van der Waals surface area contributed by atoms with E-state index in [-0.39, 0.29) is 0 Å². The lowest BCUT2D eigenvalue weighted by Gasteiger charge is -2.31. The van der Waals surface area contributed by atoms with Crippen LogP contribution in [0.3, 0.4) is 0 Å². The van der Waals surface area contributed by atoms with Crippen molar-refractivity contribution in [1.29, 1.82) is 0 Å². The molecule has 0 aromatic rings. The van der Waals surface area contributed by atoms with Crippen LogP contribution in [0.2, 0.25) is 0 Å². The fourth-order valence-electron chi connectivity index (χ4n) is 3.38. The van der Waals surface area contributed by atoms with E-state index in [4.69, 9.17) is 0 Å². The highest BCUT2D eigenvalue weighted by Crippen LogP contribution is 2.55. The Morgan fingerprint density at radius 2 is 1.71 bits per heavy atom. The summed E-state index contributed by atoms with van der Waals surface area (Å²) < 4.78 is 0. The quantitative estimate of drug-likeness (QED) is 0.729. The van der Waals surface area contributed by atoms with E-state index in [1.807, 2.05) is 0 Å². The van der Waals surface area contributed by atoms with E-state index in [2.05, 4.69) is 26.2 Å². The Hall–Kier alpha value is -0.0400. The van der Waals surface area contributed by atoms with Crippen molar-refractivity contribution >= 4 is 0 Å². The van der Waals surface area contributed by atoms with Gasteiger partial charge in [0.1, 0.15) is 0 Å². The molecule has 0 bridgehead atoms. The van der Waals surface area contributed by atoms with Crippen LogP contribution in [0.5, 0.6) is 0 Å². The minimum atomic E-state index is 0.630. The summed E-state index contributed by atoms with van der Waals surface area (Å²) in [4.78, 5) is 0. The zero-order valence-corrected chi connectivity index (χ0v) is 9.97. The first-order valence-corrected chi connectivity index (χ1v) is 6.32. The summed E-state index contributed by atoms with van der Waals surface area (Å²) >= 11 is 0. The normalized spacial score (nSPS) is 34.1. The van der Waals surface area contributed by atoms with Crippen molar-refractivity contribution in [2.24, 2.45) is 17.3 Å². The van der Waals surface area contributed by atoms with Crippen LogP contribution in [0.1, 0.15) is 52.4 Å². The first-order valence-electron chi connectivity index (χ1n) is 6.32. The predicted octanol–water partition coefficient (Wildman–Crippen LogP) is 3.20. The second kappa shape index (κ2) is 3.84. The summed E-state index contributed by atoms with van der Waals surface area (Å²) in [5.74, 6) is 1.93. The van der Waals surface area contributed by atoms with E-state index < -0.39 is 0 Å². The van der Waals surface area contributed by atoms with Gasteiger partial charge < -0.3 is 5.32 Å². The Morgan fingerprint density at radius 3 is 2.14 bits per heavy atom. The van der Waals surface area contributed by atoms with Gasteiger partial charge in [0.05, 0.1) is 0 Å². The van der Waals surface area contributed by atoms with Crippen molar-refractivity contribution in [1.82, 2.24) is 5.32 Å². The van der Waals surface area contributed by atoms with E-state index in [0.29, 0.717) is 5.41 Å². The maximum atomic E-state index is 3.59. The minimum absolute atomic E-state index is 0.630. The van der Waals surface area contributed by atoms with Gasteiger partial charge in [-0.1, -0.05) is 33.1 Å². The molecule has 1 nitrogen and oxygen atoms in total. The fraction of sp³-hybridized carbons (Fsp3) is 1.00. The number of nitrogens with one attached hydrogen (secondary N) is 1. The van der Waals surface area contributed by atoms with Crippen LogP contribution in [0.15, 0.2) is 0 Å². The Bertz CT molecular complexity index is 191. The van der Waals surface area contributed by atoms with Gasteiger partial charge in [0, 0.05) is 6.04 Å². The molecule has 2 aliphatic carbocycles. The van der Waals surface area contributed by atoms with E-state index in [0.717, 1.165) is 17.9 Å². The standard InChI is InChI=1S/C13H25N/c1-13(2)9-11(13)12(14-3)10-7-5-4-6-8-10/h10-12,14H,4-9H2,1-3H3. The predicted molar refractivity (Wildman–Crippen MR) is 61.3 cm³/mol. The SMILES string of the molecule is CNC(C1CCCCC1)C1CC1(C)C.